The van der Waals surface area contributed by atoms with Crippen LogP contribution in [-0.2, 0) is 17.9 Å². The van der Waals surface area contributed by atoms with Crippen molar-refractivity contribution < 1.29 is 9.15 Å². The standard InChI is InChI=1S/C13H19N3O2/c1-11-15-9-12(16-11)8-14-5-3-6-17-10-13-4-2-7-18-13/h2,4,7,9,14H,3,5-6,8,10H2,1H3,(H,15,16). The molecule has 0 aliphatic rings. The number of hydrogen-bond donors (Lipinski definition) is 2. The van der Waals surface area contributed by atoms with Gasteiger partial charge in [0.15, 0.2) is 0 Å². The van der Waals surface area contributed by atoms with Gasteiger partial charge in [-0.25, -0.2) is 4.98 Å². The second-order valence-electron chi connectivity index (χ2n) is 4.16. The van der Waals surface area contributed by atoms with E-state index in [1.165, 1.54) is 0 Å². The molecule has 0 saturated heterocycles. The molecule has 18 heavy (non-hydrogen) atoms. The molecule has 0 saturated carbocycles. The van der Waals surface area contributed by atoms with Crippen molar-refractivity contribution in [2.45, 2.75) is 26.5 Å². The quantitative estimate of drug-likeness (QED) is 0.702. The Morgan fingerprint density at radius 2 is 2.44 bits per heavy atom. The molecule has 2 rings (SSSR count). The van der Waals surface area contributed by atoms with Gasteiger partial charge in [0.2, 0.25) is 0 Å². The SMILES string of the molecule is Cc1ncc(CNCCCOCc2ccco2)[nH]1. The molecule has 2 N–H and O–H groups in total. The van der Waals surface area contributed by atoms with Gasteiger partial charge in [0.05, 0.1) is 6.26 Å². The summed E-state index contributed by atoms with van der Waals surface area (Å²) in [6, 6.07) is 3.78. The minimum Gasteiger partial charge on any atom is -0.467 e. The Labute approximate surface area is 107 Å². The third kappa shape index (κ3) is 4.35. The molecule has 2 heterocycles. The van der Waals surface area contributed by atoms with Crippen molar-refractivity contribution in [3.05, 3.63) is 41.9 Å². The topological polar surface area (TPSA) is 63.1 Å². The van der Waals surface area contributed by atoms with Crippen molar-refractivity contribution in [3.63, 3.8) is 0 Å². The molecule has 0 radical (unpaired) electrons. The number of aromatic amines is 1. The fraction of sp³-hybridized carbons (Fsp3) is 0.462. The molecule has 5 heteroatoms. The first-order chi connectivity index (χ1) is 8.84. The van der Waals surface area contributed by atoms with Crippen LogP contribution in [0, 0.1) is 6.92 Å². The summed E-state index contributed by atoms with van der Waals surface area (Å²) in [6.45, 7) is 4.98. The number of hydrogen-bond acceptors (Lipinski definition) is 4. The van der Waals surface area contributed by atoms with Crippen molar-refractivity contribution in [2.75, 3.05) is 13.2 Å². The molecule has 2 aromatic heterocycles. The van der Waals surface area contributed by atoms with Crippen LogP contribution in [0.2, 0.25) is 0 Å². The predicted octanol–water partition coefficient (Wildman–Crippen LogP) is 2.01. The number of ether oxygens (including phenoxy) is 1. The lowest BCUT2D eigenvalue weighted by atomic mass is 10.4. The van der Waals surface area contributed by atoms with Crippen LogP contribution in [-0.4, -0.2) is 23.1 Å². The molecule has 5 nitrogen and oxygen atoms in total. The fourth-order valence-electron chi connectivity index (χ4n) is 1.65. The Hall–Kier alpha value is -1.59. The molecule has 0 bridgehead atoms. The lowest BCUT2D eigenvalue weighted by molar-refractivity contribution is 0.104. The van der Waals surface area contributed by atoms with E-state index in [-0.39, 0.29) is 0 Å². The Morgan fingerprint density at radius 1 is 1.50 bits per heavy atom. The summed E-state index contributed by atoms with van der Waals surface area (Å²) in [4.78, 5) is 7.32. The zero-order valence-corrected chi connectivity index (χ0v) is 10.6. The second kappa shape index (κ2) is 6.98. The van der Waals surface area contributed by atoms with Crippen molar-refractivity contribution in [3.8, 4) is 0 Å². The maximum Gasteiger partial charge on any atom is 0.129 e. The van der Waals surface area contributed by atoms with E-state index in [4.69, 9.17) is 9.15 Å². The zero-order valence-electron chi connectivity index (χ0n) is 10.6. The van der Waals surface area contributed by atoms with Crippen LogP contribution in [0.25, 0.3) is 0 Å². The number of H-pyrrole nitrogens is 1. The third-order valence-electron chi connectivity index (χ3n) is 2.54. The van der Waals surface area contributed by atoms with Gasteiger partial charge in [-0.2, -0.15) is 0 Å². The molecular weight excluding hydrogens is 230 g/mol. The lowest BCUT2D eigenvalue weighted by Gasteiger charge is -2.04. The molecule has 0 fully saturated rings. The number of nitrogens with zero attached hydrogens (tertiary/aromatic N) is 1. The maximum absolute atomic E-state index is 5.48. The molecule has 0 aromatic carbocycles. The van der Waals surface area contributed by atoms with Crippen molar-refractivity contribution in [2.24, 2.45) is 0 Å². The Bertz CT molecular complexity index is 437. The van der Waals surface area contributed by atoms with E-state index in [1.807, 2.05) is 25.3 Å². The summed E-state index contributed by atoms with van der Waals surface area (Å²) >= 11 is 0. The van der Waals surface area contributed by atoms with Gasteiger partial charge in [-0.15, -0.1) is 0 Å². The summed E-state index contributed by atoms with van der Waals surface area (Å²) < 4.78 is 10.7. The van der Waals surface area contributed by atoms with Crippen LogP contribution in [0.1, 0.15) is 23.7 Å². The van der Waals surface area contributed by atoms with Gasteiger partial charge in [0.25, 0.3) is 0 Å². The smallest absolute Gasteiger partial charge is 0.129 e. The van der Waals surface area contributed by atoms with Gasteiger partial charge >= 0.3 is 0 Å². The Balaban J connectivity index is 1.46. The highest BCUT2D eigenvalue weighted by atomic mass is 16.5. The summed E-state index contributed by atoms with van der Waals surface area (Å²) in [5.74, 6) is 1.82. The van der Waals surface area contributed by atoms with Crippen molar-refractivity contribution in [1.29, 1.82) is 0 Å². The molecule has 0 spiro atoms. The molecule has 0 unspecified atom stereocenters. The zero-order chi connectivity index (χ0) is 12.6. The molecule has 0 aliphatic carbocycles. The first kappa shape index (κ1) is 12.9. The highest BCUT2D eigenvalue weighted by molar-refractivity contribution is 4.99. The number of rotatable bonds is 8. The van der Waals surface area contributed by atoms with Gasteiger partial charge < -0.3 is 19.5 Å². The van der Waals surface area contributed by atoms with E-state index in [0.717, 1.165) is 43.4 Å². The van der Waals surface area contributed by atoms with E-state index in [9.17, 15) is 0 Å². The van der Waals surface area contributed by atoms with E-state index >= 15 is 0 Å². The molecule has 0 aliphatic heterocycles. The summed E-state index contributed by atoms with van der Waals surface area (Å²) in [7, 11) is 0. The van der Waals surface area contributed by atoms with Gasteiger partial charge in [-0.05, 0) is 32.0 Å². The van der Waals surface area contributed by atoms with Crippen LogP contribution >= 0.6 is 0 Å². The minimum absolute atomic E-state index is 0.548. The number of imidazole rings is 1. The average molecular weight is 249 g/mol. The van der Waals surface area contributed by atoms with Gasteiger partial charge in [0.1, 0.15) is 18.2 Å². The van der Waals surface area contributed by atoms with Crippen LogP contribution < -0.4 is 5.32 Å². The number of furan rings is 1. The van der Waals surface area contributed by atoms with Gasteiger partial charge in [0, 0.05) is 25.0 Å². The van der Waals surface area contributed by atoms with Crippen LogP contribution in [0.5, 0.6) is 0 Å². The third-order valence-corrected chi connectivity index (χ3v) is 2.54. The summed E-state index contributed by atoms with van der Waals surface area (Å²) in [6.07, 6.45) is 4.50. The predicted molar refractivity (Wildman–Crippen MR) is 68.0 cm³/mol. The van der Waals surface area contributed by atoms with E-state index < -0.39 is 0 Å². The normalized spacial score (nSPS) is 10.9. The minimum atomic E-state index is 0.548. The lowest BCUT2D eigenvalue weighted by Crippen LogP contribution is -2.16. The number of aromatic nitrogens is 2. The van der Waals surface area contributed by atoms with Gasteiger partial charge in [-0.3, -0.25) is 0 Å². The first-order valence-electron chi connectivity index (χ1n) is 6.16. The number of nitrogens with one attached hydrogen (secondary N) is 2. The largest absolute Gasteiger partial charge is 0.467 e. The molecular formula is C13H19N3O2. The van der Waals surface area contributed by atoms with Crippen molar-refractivity contribution in [1.82, 2.24) is 15.3 Å². The second-order valence-corrected chi connectivity index (χ2v) is 4.16. The highest BCUT2D eigenvalue weighted by Gasteiger charge is 1.97. The monoisotopic (exact) mass is 249 g/mol. The summed E-state index contributed by atoms with van der Waals surface area (Å²) in [5.41, 5.74) is 1.11. The number of aryl methyl sites for hydroxylation is 1. The highest BCUT2D eigenvalue weighted by Crippen LogP contribution is 2.01. The maximum atomic E-state index is 5.48. The average Bonchev–Trinajstić information content (AvgIpc) is 3.00. The van der Waals surface area contributed by atoms with E-state index in [0.29, 0.717) is 6.61 Å². The molecule has 98 valence electrons. The van der Waals surface area contributed by atoms with Crippen molar-refractivity contribution >= 4 is 0 Å². The molecule has 2 aromatic rings. The van der Waals surface area contributed by atoms with Gasteiger partial charge in [-0.1, -0.05) is 0 Å². The van der Waals surface area contributed by atoms with E-state index in [1.54, 1.807) is 6.26 Å². The van der Waals surface area contributed by atoms with Crippen LogP contribution in [0.3, 0.4) is 0 Å². The Morgan fingerprint density at radius 3 is 3.17 bits per heavy atom. The van der Waals surface area contributed by atoms with E-state index in [2.05, 4.69) is 15.3 Å². The van der Waals surface area contributed by atoms with Crippen LogP contribution in [0.15, 0.2) is 29.0 Å². The Kier molecular flexibility index (Phi) is 4.99. The summed E-state index contributed by atoms with van der Waals surface area (Å²) in [5, 5.41) is 3.33. The molecule has 0 amide bonds. The fourth-order valence-corrected chi connectivity index (χ4v) is 1.65. The first-order valence-corrected chi connectivity index (χ1v) is 6.16. The molecule has 0 atom stereocenters. The van der Waals surface area contributed by atoms with Crippen LogP contribution in [0.4, 0.5) is 0 Å².